The minimum atomic E-state index is -4.57. The second-order valence-corrected chi connectivity index (χ2v) is 11.5. The zero-order chi connectivity index (χ0) is 32.5. The van der Waals surface area contributed by atoms with Crippen LogP contribution in [0.1, 0.15) is 48.1 Å². The van der Waals surface area contributed by atoms with Gasteiger partial charge in [0, 0.05) is 12.6 Å². The summed E-state index contributed by atoms with van der Waals surface area (Å²) >= 11 is 6.44. The lowest BCUT2D eigenvalue weighted by Gasteiger charge is -2.46. The Morgan fingerprint density at radius 3 is 2.16 bits per heavy atom. The molecule has 4 rings (SSSR count). The number of halogens is 4. The van der Waals surface area contributed by atoms with Crippen molar-refractivity contribution in [1.82, 2.24) is 10.2 Å². The predicted molar refractivity (Wildman–Crippen MR) is 172 cm³/mol. The van der Waals surface area contributed by atoms with Gasteiger partial charge in [-0.05, 0) is 73.7 Å². The Bertz CT molecular complexity index is 1490. The van der Waals surface area contributed by atoms with Gasteiger partial charge in [0.1, 0.15) is 5.75 Å². The van der Waals surface area contributed by atoms with Gasteiger partial charge in [0.05, 0.1) is 29.3 Å². The van der Waals surface area contributed by atoms with E-state index in [9.17, 15) is 18.0 Å². The molecule has 0 aromatic heterocycles. The molecule has 0 fully saturated rings. The molecule has 238 valence electrons. The van der Waals surface area contributed by atoms with Crippen molar-refractivity contribution in [2.24, 2.45) is 0 Å². The molecule has 1 atom stereocenters. The van der Waals surface area contributed by atoms with Gasteiger partial charge in [0.25, 0.3) is 0 Å². The Balaban J connectivity index is 1.62. The molecule has 45 heavy (non-hydrogen) atoms. The molecular formula is C36H38ClF3N2O3. The van der Waals surface area contributed by atoms with E-state index in [2.05, 4.69) is 24.1 Å². The van der Waals surface area contributed by atoms with E-state index in [1.807, 2.05) is 84.9 Å². The highest BCUT2D eigenvalue weighted by atomic mass is 35.5. The number of ether oxygens (including phenoxy) is 1. The normalized spacial score (nSPS) is 12.7. The molecule has 1 unspecified atom stereocenters. The number of nitrogens with zero attached hydrogens (tertiary/aromatic N) is 1. The van der Waals surface area contributed by atoms with Gasteiger partial charge in [-0.25, -0.2) is 0 Å². The summed E-state index contributed by atoms with van der Waals surface area (Å²) in [5, 5.41) is 11.4. The van der Waals surface area contributed by atoms with E-state index in [1.165, 1.54) is 6.07 Å². The van der Waals surface area contributed by atoms with Crippen molar-refractivity contribution in [3.05, 3.63) is 136 Å². The minimum Gasteiger partial charge on any atom is -0.494 e. The number of hydrogen-bond donors (Lipinski definition) is 2. The molecular weight excluding hydrogens is 601 g/mol. The molecule has 2 N–H and O–H groups in total. The van der Waals surface area contributed by atoms with Crippen molar-refractivity contribution in [3.63, 3.8) is 0 Å². The second kappa shape index (κ2) is 15.4. The van der Waals surface area contributed by atoms with Crippen molar-refractivity contribution < 1.29 is 27.8 Å². The first-order chi connectivity index (χ1) is 21.5. The predicted octanol–water partition coefficient (Wildman–Crippen LogP) is 8.20. The van der Waals surface area contributed by atoms with Crippen LogP contribution in [-0.2, 0) is 29.5 Å². The van der Waals surface area contributed by atoms with Crippen LogP contribution in [0.2, 0.25) is 5.02 Å². The number of nitrogens with one attached hydrogen (secondary N) is 1. The zero-order valence-corrected chi connectivity index (χ0v) is 26.1. The number of benzene rings is 4. The van der Waals surface area contributed by atoms with E-state index in [-0.39, 0.29) is 24.2 Å². The number of carboxylic acid groups (broad SMARTS) is 1. The molecule has 0 saturated heterocycles. The van der Waals surface area contributed by atoms with Crippen LogP contribution in [-0.4, -0.2) is 41.7 Å². The van der Waals surface area contributed by atoms with E-state index in [1.54, 1.807) is 6.07 Å². The number of carbonyl (C=O) groups is 1. The van der Waals surface area contributed by atoms with Gasteiger partial charge >= 0.3 is 12.1 Å². The first-order valence-electron chi connectivity index (χ1n) is 14.9. The molecule has 0 radical (unpaired) electrons. The van der Waals surface area contributed by atoms with Gasteiger partial charge in [-0.2, -0.15) is 13.2 Å². The molecule has 0 bridgehead atoms. The summed E-state index contributed by atoms with van der Waals surface area (Å²) in [5.41, 5.74) is 1.83. The van der Waals surface area contributed by atoms with Crippen LogP contribution in [0.25, 0.3) is 0 Å². The van der Waals surface area contributed by atoms with Crippen LogP contribution in [0.5, 0.6) is 5.75 Å². The molecule has 0 aliphatic heterocycles. The van der Waals surface area contributed by atoms with Crippen molar-refractivity contribution in [2.45, 2.75) is 51.0 Å². The fourth-order valence-corrected chi connectivity index (χ4v) is 5.90. The summed E-state index contributed by atoms with van der Waals surface area (Å²) in [5.74, 6) is -0.208. The fourth-order valence-electron chi connectivity index (χ4n) is 5.60. The smallest absolute Gasteiger partial charge is 0.417 e. The molecule has 4 aromatic carbocycles. The molecule has 0 amide bonds. The third kappa shape index (κ3) is 8.87. The van der Waals surface area contributed by atoms with Crippen LogP contribution in [0.15, 0.2) is 103 Å². The third-order valence-electron chi connectivity index (χ3n) is 8.07. The molecule has 4 aromatic rings. The van der Waals surface area contributed by atoms with Crippen LogP contribution in [0, 0.1) is 0 Å². The number of alkyl halides is 3. The van der Waals surface area contributed by atoms with E-state index < -0.39 is 23.2 Å². The van der Waals surface area contributed by atoms with Crippen LogP contribution >= 0.6 is 11.6 Å². The van der Waals surface area contributed by atoms with Crippen LogP contribution in [0.4, 0.5) is 13.2 Å². The van der Waals surface area contributed by atoms with E-state index >= 15 is 0 Å². The van der Waals surface area contributed by atoms with Crippen molar-refractivity contribution >= 4 is 17.6 Å². The Labute approximate surface area is 267 Å². The zero-order valence-electron chi connectivity index (χ0n) is 25.4. The summed E-state index contributed by atoms with van der Waals surface area (Å²) in [7, 11) is 0. The lowest BCUT2D eigenvalue weighted by molar-refractivity contribution is -0.138. The van der Waals surface area contributed by atoms with Gasteiger partial charge in [0.15, 0.2) is 0 Å². The average molecular weight is 639 g/mol. The van der Waals surface area contributed by atoms with E-state index in [0.29, 0.717) is 37.3 Å². The van der Waals surface area contributed by atoms with Gasteiger partial charge in [-0.3, -0.25) is 9.69 Å². The summed E-state index contributed by atoms with van der Waals surface area (Å²) in [4.78, 5) is 12.9. The Hall–Kier alpha value is -3.85. The SMILES string of the molecule is CC(CCOc1cccc(CCNCC(=O)O)c1)N(Cc1cccc(C(F)(F)F)c1Cl)C(C)(c1ccccc1)c1ccccc1. The molecule has 0 saturated carbocycles. The highest BCUT2D eigenvalue weighted by Gasteiger charge is 2.40. The van der Waals surface area contributed by atoms with Gasteiger partial charge in [-0.1, -0.05) is 96.5 Å². The maximum absolute atomic E-state index is 13.8. The number of rotatable bonds is 15. The summed E-state index contributed by atoms with van der Waals surface area (Å²) in [6.07, 6.45) is -3.34. The van der Waals surface area contributed by atoms with Crippen LogP contribution < -0.4 is 10.1 Å². The van der Waals surface area contributed by atoms with Gasteiger partial charge in [-0.15, -0.1) is 0 Å². The maximum atomic E-state index is 13.8. The first-order valence-corrected chi connectivity index (χ1v) is 15.2. The average Bonchev–Trinajstić information content (AvgIpc) is 3.02. The molecule has 0 aliphatic rings. The number of carboxylic acids is 1. The Morgan fingerprint density at radius 1 is 0.933 bits per heavy atom. The maximum Gasteiger partial charge on any atom is 0.417 e. The summed E-state index contributed by atoms with van der Waals surface area (Å²) in [6.45, 7) is 5.12. The van der Waals surface area contributed by atoms with Gasteiger partial charge in [0.2, 0.25) is 0 Å². The number of aliphatic carboxylic acids is 1. The monoisotopic (exact) mass is 638 g/mol. The lowest BCUT2D eigenvalue weighted by atomic mass is 9.81. The van der Waals surface area contributed by atoms with Crippen molar-refractivity contribution in [2.75, 3.05) is 19.7 Å². The van der Waals surface area contributed by atoms with Crippen molar-refractivity contribution in [1.29, 1.82) is 0 Å². The third-order valence-corrected chi connectivity index (χ3v) is 8.52. The van der Waals surface area contributed by atoms with Gasteiger partial charge < -0.3 is 15.2 Å². The molecule has 0 heterocycles. The Kier molecular flexibility index (Phi) is 11.7. The van der Waals surface area contributed by atoms with E-state index in [4.69, 9.17) is 21.4 Å². The first kappa shape index (κ1) is 34.0. The Morgan fingerprint density at radius 2 is 1.56 bits per heavy atom. The quantitative estimate of drug-likeness (QED) is 0.129. The standard InChI is InChI=1S/C36H38ClF3N2O3/c1-26(20-22-45-31-17-9-11-27(23-31)19-21-41-24-33(43)44)42(25-28-12-10-18-32(34(28)37)36(38,39)40)35(2,29-13-5-3-6-14-29)30-15-7-4-8-16-30/h3-18,23,26,41H,19-22,24-25H2,1-2H3,(H,43,44). The van der Waals surface area contributed by atoms with Crippen molar-refractivity contribution in [3.8, 4) is 5.75 Å². The molecule has 5 nitrogen and oxygen atoms in total. The lowest BCUT2D eigenvalue weighted by Crippen LogP contribution is -2.49. The largest absolute Gasteiger partial charge is 0.494 e. The summed E-state index contributed by atoms with van der Waals surface area (Å²) < 4.78 is 47.6. The molecule has 0 spiro atoms. The highest BCUT2D eigenvalue weighted by molar-refractivity contribution is 6.32. The number of hydrogen-bond acceptors (Lipinski definition) is 4. The van der Waals surface area contributed by atoms with E-state index in [0.717, 1.165) is 22.8 Å². The highest BCUT2D eigenvalue weighted by Crippen LogP contribution is 2.41. The van der Waals surface area contributed by atoms with Crippen LogP contribution in [0.3, 0.4) is 0 Å². The second-order valence-electron chi connectivity index (χ2n) is 11.2. The fraction of sp³-hybridized carbons (Fsp3) is 0.306. The molecule has 9 heteroatoms. The topological polar surface area (TPSA) is 61.8 Å². The minimum absolute atomic E-state index is 0.0961. The summed E-state index contributed by atoms with van der Waals surface area (Å²) in [6, 6.07) is 31.5. The molecule has 0 aliphatic carbocycles.